The number of aliphatic hydroxyl groups excluding tert-OH is 1. The second-order valence-corrected chi connectivity index (χ2v) is 4.72. The van der Waals surface area contributed by atoms with E-state index in [0.717, 1.165) is 19.4 Å². The fourth-order valence-electron chi connectivity index (χ4n) is 1.89. The largest absolute Gasteiger partial charge is 0.395 e. The number of hydrogen-bond acceptors (Lipinski definition) is 3. The summed E-state index contributed by atoms with van der Waals surface area (Å²) in [6.07, 6.45) is 2.03. The van der Waals surface area contributed by atoms with Crippen LogP contribution in [0.2, 0.25) is 0 Å². The van der Waals surface area contributed by atoms with E-state index in [0.29, 0.717) is 12.1 Å². The molecule has 4 nitrogen and oxygen atoms in total. The van der Waals surface area contributed by atoms with Gasteiger partial charge in [0.15, 0.2) is 0 Å². The van der Waals surface area contributed by atoms with Gasteiger partial charge in [0, 0.05) is 18.7 Å². The van der Waals surface area contributed by atoms with Crippen molar-refractivity contribution in [2.24, 2.45) is 0 Å². The Bertz CT molecular complexity index is 413. The lowest BCUT2D eigenvalue weighted by atomic mass is 10.2. The zero-order valence-electron chi connectivity index (χ0n) is 11.9. The first-order chi connectivity index (χ1) is 9.67. The number of carbonyl (C=O) groups is 1. The third kappa shape index (κ3) is 6.12. The van der Waals surface area contributed by atoms with Crippen LogP contribution in [0.5, 0.6) is 0 Å². The summed E-state index contributed by atoms with van der Waals surface area (Å²) in [5.41, 5.74) is 0.475. The van der Waals surface area contributed by atoms with Crippen molar-refractivity contribution in [3.8, 4) is 0 Å². The summed E-state index contributed by atoms with van der Waals surface area (Å²) in [4.78, 5) is 13.7. The standard InChI is InChI=1S/C15H23FN2O2/c1-2-3-8-18(9-10-19)12-15(20)17-11-13-6-4-5-7-14(13)16/h4-7,19H,2-3,8-12H2,1H3,(H,17,20). The highest BCUT2D eigenvalue weighted by molar-refractivity contribution is 5.78. The third-order valence-electron chi connectivity index (χ3n) is 3.05. The van der Waals surface area contributed by atoms with E-state index in [2.05, 4.69) is 12.2 Å². The number of nitrogens with zero attached hydrogens (tertiary/aromatic N) is 1. The molecule has 0 bridgehead atoms. The molecule has 0 atom stereocenters. The number of hydrogen-bond donors (Lipinski definition) is 2. The van der Waals surface area contributed by atoms with Crippen molar-refractivity contribution < 1.29 is 14.3 Å². The minimum Gasteiger partial charge on any atom is -0.395 e. The molecule has 0 aliphatic heterocycles. The van der Waals surface area contributed by atoms with Crippen LogP contribution in [0, 0.1) is 5.82 Å². The quantitative estimate of drug-likeness (QED) is 0.722. The van der Waals surface area contributed by atoms with E-state index in [9.17, 15) is 9.18 Å². The van der Waals surface area contributed by atoms with Crippen LogP contribution >= 0.6 is 0 Å². The van der Waals surface area contributed by atoms with E-state index < -0.39 is 0 Å². The lowest BCUT2D eigenvalue weighted by Gasteiger charge is -2.20. The fourth-order valence-corrected chi connectivity index (χ4v) is 1.89. The molecule has 0 heterocycles. The normalized spacial score (nSPS) is 10.8. The smallest absolute Gasteiger partial charge is 0.234 e. The Morgan fingerprint density at radius 1 is 1.35 bits per heavy atom. The second-order valence-electron chi connectivity index (χ2n) is 4.72. The molecule has 0 aromatic heterocycles. The number of aliphatic hydroxyl groups is 1. The third-order valence-corrected chi connectivity index (χ3v) is 3.05. The average Bonchev–Trinajstić information content (AvgIpc) is 2.44. The Morgan fingerprint density at radius 3 is 2.75 bits per heavy atom. The van der Waals surface area contributed by atoms with Crippen LogP contribution in [0.25, 0.3) is 0 Å². The highest BCUT2D eigenvalue weighted by Gasteiger charge is 2.10. The summed E-state index contributed by atoms with van der Waals surface area (Å²) < 4.78 is 13.4. The van der Waals surface area contributed by atoms with Gasteiger partial charge in [-0.25, -0.2) is 4.39 Å². The van der Waals surface area contributed by atoms with E-state index in [-0.39, 0.29) is 31.4 Å². The summed E-state index contributed by atoms with van der Waals surface area (Å²) in [7, 11) is 0. The monoisotopic (exact) mass is 282 g/mol. The highest BCUT2D eigenvalue weighted by Crippen LogP contribution is 2.05. The van der Waals surface area contributed by atoms with Crippen LogP contribution in [0.15, 0.2) is 24.3 Å². The second kappa shape index (κ2) is 9.44. The van der Waals surface area contributed by atoms with Gasteiger partial charge in [0.05, 0.1) is 13.2 Å². The van der Waals surface area contributed by atoms with Gasteiger partial charge in [-0.3, -0.25) is 9.69 Å². The number of halogens is 1. The van der Waals surface area contributed by atoms with E-state index in [4.69, 9.17) is 5.11 Å². The lowest BCUT2D eigenvalue weighted by Crippen LogP contribution is -2.39. The van der Waals surface area contributed by atoms with Crippen LogP contribution in [0.4, 0.5) is 4.39 Å². The first-order valence-corrected chi connectivity index (χ1v) is 7.00. The van der Waals surface area contributed by atoms with Gasteiger partial charge in [-0.15, -0.1) is 0 Å². The molecule has 0 radical (unpaired) electrons. The molecular weight excluding hydrogens is 259 g/mol. The van der Waals surface area contributed by atoms with Gasteiger partial charge < -0.3 is 10.4 Å². The van der Waals surface area contributed by atoms with Gasteiger partial charge in [0.25, 0.3) is 0 Å². The van der Waals surface area contributed by atoms with Crippen molar-refractivity contribution in [3.05, 3.63) is 35.6 Å². The van der Waals surface area contributed by atoms with Gasteiger partial charge in [0.2, 0.25) is 5.91 Å². The Kier molecular flexibility index (Phi) is 7.84. The topological polar surface area (TPSA) is 52.6 Å². The summed E-state index contributed by atoms with van der Waals surface area (Å²) in [5.74, 6) is -0.469. The first kappa shape index (κ1) is 16.6. The van der Waals surface area contributed by atoms with E-state index in [1.807, 2.05) is 4.90 Å². The predicted octanol–water partition coefficient (Wildman–Crippen LogP) is 1.54. The van der Waals surface area contributed by atoms with Gasteiger partial charge in [-0.1, -0.05) is 31.5 Å². The Hall–Kier alpha value is -1.46. The van der Waals surface area contributed by atoms with Crippen molar-refractivity contribution in [2.45, 2.75) is 26.3 Å². The Balaban J connectivity index is 2.39. The van der Waals surface area contributed by atoms with Crippen LogP contribution in [-0.4, -0.2) is 42.2 Å². The summed E-state index contributed by atoms with van der Waals surface area (Å²) in [5, 5.41) is 11.7. The van der Waals surface area contributed by atoms with Gasteiger partial charge in [-0.2, -0.15) is 0 Å². The minimum atomic E-state index is -0.314. The lowest BCUT2D eigenvalue weighted by molar-refractivity contribution is -0.122. The summed E-state index contributed by atoms with van der Waals surface area (Å²) >= 11 is 0. The average molecular weight is 282 g/mol. The zero-order valence-corrected chi connectivity index (χ0v) is 11.9. The zero-order chi connectivity index (χ0) is 14.8. The van der Waals surface area contributed by atoms with Crippen molar-refractivity contribution in [2.75, 3.05) is 26.2 Å². The molecule has 0 aliphatic carbocycles. The number of carbonyl (C=O) groups excluding carboxylic acids is 1. The van der Waals surface area contributed by atoms with E-state index in [1.165, 1.54) is 6.07 Å². The van der Waals surface area contributed by atoms with Gasteiger partial charge in [0.1, 0.15) is 5.82 Å². The number of benzene rings is 1. The van der Waals surface area contributed by atoms with Crippen molar-refractivity contribution in [3.63, 3.8) is 0 Å². The molecule has 1 amide bonds. The molecule has 2 N–H and O–H groups in total. The van der Waals surface area contributed by atoms with Crippen LogP contribution in [0.1, 0.15) is 25.3 Å². The Labute approximate surface area is 119 Å². The summed E-state index contributed by atoms with van der Waals surface area (Å²) in [6, 6.07) is 6.39. The molecule has 0 fully saturated rings. The fraction of sp³-hybridized carbons (Fsp3) is 0.533. The van der Waals surface area contributed by atoms with Crippen LogP contribution in [-0.2, 0) is 11.3 Å². The molecule has 0 saturated heterocycles. The van der Waals surface area contributed by atoms with Gasteiger partial charge in [-0.05, 0) is 19.0 Å². The molecule has 20 heavy (non-hydrogen) atoms. The molecule has 1 aromatic carbocycles. The molecule has 0 spiro atoms. The van der Waals surface area contributed by atoms with E-state index >= 15 is 0 Å². The first-order valence-electron chi connectivity index (χ1n) is 7.00. The number of nitrogens with one attached hydrogen (secondary N) is 1. The molecular formula is C15H23FN2O2. The minimum absolute atomic E-state index is 0.0321. The molecule has 1 aromatic rings. The predicted molar refractivity (Wildman–Crippen MR) is 76.7 cm³/mol. The van der Waals surface area contributed by atoms with Crippen molar-refractivity contribution in [1.82, 2.24) is 10.2 Å². The van der Waals surface area contributed by atoms with Crippen molar-refractivity contribution >= 4 is 5.91 Å². The van der Waals surface area contributed by atoms with Gasteiger partial charge >= 0.3 is 0 Å². The maximum absolute atomic E-state index is 13.4. The molecule has 0 unspecified atom stereocenters. The van der Waals surface area contributed by atoms with Crippen LogP contribution in [0.3, 0.4) is 0 Å². The molecule has 112 valence electrons. The number of amides is 1. The van der Waals surface area contributed by atoms with Crippen molar-refractivity contribution in [1.29, 1.82) is 0 Å². The molecule has 0 aliphatic rings. The maximum atomic E-state index is 13.4. The van der Waals surface area contributed by atoms with E-state index in [1.54, 1.807) is 18.2 Å². The van der Waals surface area contributed by atoms with Crippen LogP contribution < -0.4 is 5.32 Å². The molecule has 1 rings (SSSR count). The number of rotatable bonds is 9. The number of unbranched alkanes of at least 4 members (excludes halogenated alkanes) is 1. The maximum Gasteiger partial charge on any atom is 0.234 e. The SMILES string of the molecule is CCCCN(CCO)CC(=O)NCc1ccccc1F. The molecule has 0 saturated carbocycles. The highest BCUT2D eigenvalue weighted by atomic mass is 19.1. The Morgan fingerprint density at radius 2 is 2.10 bits per heavy atom. The summed E-state index contributed by atoms with van der Waals surface area (Å²) in [6.45, 7) is 3.79. The molecule has 5 heteroatoms.